The van der Waals surface area contributed by atoms with Gasteiger partial charge in [0.2, 0.25) is 0 Å². The Kier molecular flexibility index (Phi) is 4.98. The van der Waals surface area contributed by atoms with Crippen molar-refractivity contribution in [3.05, 3.63) is 28.8 Å². The van der Waals surface area contributed by atoms with Crippen molar-refractivity contribution >= 4 is 5.71 Å². The number of aliphatic hydroxyl groups excluding tert-OH is 2. The zero-order valence-electron chi connectivity index (χ0n) is 11.9. The number of methoxy groups -OCH3 is 1. The third kappa shape index (κ3) is 2.94. The molecule has 0 radical (unpaired) electrons. The summed E-state index contributed by atoms with van der Waals surface area (Å²) in [4.78, 5) is 4.90. The first-order chi connectivity index (χ1) is 9.71. The first-order valence-corrected chi connectivity index (χ1v) is 6.79. The van der Waals surface area contributed by atoms with Crippen LogP contribution in [0.4, 0.5) is 0 Å². The van der Waals surface area contributed by atoms with E-state index in [1.807, 2.05) is 12.1 Å². The molecular formula is C15H21NO4. The molecule has 0 amide bonds. The van der Waals surface area contributed by atoms with Crippen LogP contribution < -0.4 is 4.74 Å². The van der Waals surface area contributed by atoms with E-state index in [0.29, 0.717) is 6.42 Å². The normalized spacial score (nSPS) is 17.7. The van der Waals surface area contributed by atoms with Gasteiger partial charge >= 0.3 is 0 Å². The summed E-state index contributed by atoms with van der Waals surface area (Å²) in [6.07, 6.45) is 2.39. The van der Waals surface area contributed by atoms with E-state index in [2.05, 4.69) is 5.16 Å². The molecule has 0 spiro atoms. The van der Waals surface area contributed by atoms with Crippen LogP contribution in [0.3, 0.4) is 0 Å². The van der Waals surface area contributed by atoms with Gasteiger partial charge in [0.1, 0.15) is 12.9 Å². The largest absolute Gasteiger partial charge is 0.496 e. The van der Waals surface area contributed by atoms with E-state index in [1.165, 1.54) is 0 Å². The van der Waals surface area contributed by atoms with Gasteiger partial charge in [-0.1, -0.05) is 5.16 Å². The van der Waals surface area contributed by atoms with Crippen molar-refractivity contribution < 1.29 is 19.8 Å². The molecule has 1 aliphatic carbocycles. The van der Waals surface area contributed by atoms with E-state index in [1.54, 1.807) is 14.2 Å². The maximum absolute atomic E-state index is 9.74. The Balaban J connectivity index is 2.48. The van der Waals surface area contributed by atoms with Crippen molar-refractivity contribution in [3.8, 4) is 5.75 Å². The maximum atomic E-state index is 9.74. The van der Waals surface area contributed by atoms with Crippen molar-refractivity contribution in [1.29, 1.82) is 0 Å². The van der Waals surface area contributed by atoms with Gasteiger partial charge in [0.15, 0.2) is 0 Å². The lowest BCUT2D eigenvalue weighted by atomic mass is 9.85. The van der Waals surface area contributed by atoms with Crippen LogP contribution in [0, 0.1) is 0 Å². The molecule has 20 heavy (non-hydrogen) atoms. The second kappa shape index (κ2) is 6.72. The lowest BCUT2D eigenvalue weighted by molar-refractivity contribution is 0.0948. The van der Waals surface area contributed by atoms with Gasteiger partial charge in [0.25, 0.3) is 0 Å². The standard InChI is InChI=1S/C15H21NO4/c1-19-15-7-6-12-11(13(15)8-10(18)9-17)4-3-5-14(12)16-20-2/h6-7,10,17-18H,3-5,8-9H2,1-2H3. The van der Waals surface area contributed by atoms with Gasteiger partial charge in [-0.2, -0.15) is 0 Å². The predicted molar refractivity (Wildman–Crippen MR) is 76.3 cm³/mol. The smallest absolute Gasteiger partial charge is 0.122 e. The Labute approximate surface area is 118 Å². The third-order valence-corrected chi connectivity index (χ3v) is 3.61. The number of rotatable bonds is 5. The molecule has 5 heteroatoms. The lowest BCUT2D eigenvalue weighted by Crippen LogP contribution is -2.20. The first kappa shape index (κ1) is 14.8. The van der Waals surface area contributed by atoms with E-state index >= 15 is 0 Å². The molecule has 1 unspecified atom stereocenters. The number of oxime groups is 1. The molecule has 0 saturated heterocycles. The van der Waals surface area contributed by atoms with E-state index < -0.39 is 6.10 Å². The van der Waals surface area contributed by atoms with Crippen molar-refractivity contribution in [2.45, 2.75) is 31.8 Å². The summed E-state index contributed by atoms with van der Waals surface area (Å²) in [5.41, 5.74) is 4.07. The van der Waals surface area contributed by atoms with Crippen LogP contribution >= 0.6 is 0 Å². The highest BCUT2D eigenvalue weighted by Crippen LogP contribution is 2.32. The summed E-state index contributed by atoms with van der Waals surface area (Å²) in [5.74, 6) is 0.745. The van der Waals surface area contributed by atoms with Gasteiger partial charge in [0, 0.05) is 17.5 Å². The molecule has 0 saturated carbocycles. The van der Waals surface area contributed by atoms with Crippen molar-refractivity contribution in [1.82, 2.24) is 0 Å². The molecule has 0 heterocycles. The summed E-state index contributed by atoms with van der Waals surface area (Å²) < 4.78 is 5.39. The van der Waals surface area contributed by atoms with E-state index in [9.17, 15) is 5.11 Å². The molecular weight excluding hydrogens is 258 g/mol. The minimum Gasteiger partial charge on any atom is -0.496 e. The SMILES string of the molecule is CON=C1CCCc2c1ccc(OC)c2CC(O)CO. The van der Waals surface area contributed by atoms with Crippen LogP contribution in [-0.2, 0) is 17.7 Å². The van der Waals surface area contributed by atoms with Crippen LogP contribution in [0.2, 0.25) is 0 Å². The number of hydrogen-bond donors (Lipinski definition) is 2. The summed E-state index contributed by atoms with van der Waals surface area (Å²) in [5, 5.41) is 22.9. The minimum absolute atomic E-state index is 0.258. The summed E-state index contributed by atoms with van der Waals surface area (Å²) in [6.45, 7) is -0.258. The molecule has 5 nitrogen and oxygen atoms in total. The van der Waals surface area contributed by atoms with Crippen LogP contribution in [0.1, 0.15) is 29.5 Å². The molecule has 2 rings (SSSR count). The zero-order chi connectivity index (χ0) is 14.5. The molecule has 1 aromatic rings. The van der Waals surface area contributed by atoms with Gasteiger partial charge in [-0.15, -0.1) is 0 Å². The fourth-order valence-electron chi connectivity index (χ4n) is 2.71. The lowest BCUT2D eigenvalue weighted by Gasteiger charge is -2.23. The van der Waals surface area contributed by atoms with Crippen LogP contribution in [0.15, 0.2) is 17.3 Å². The Morgan fingerprint density at radius 2 is 2.10 bits per heavy atom. The number of hydrogen-bond acceptors (Lipinski definition) is 5. The van der Waals surface area contributed by atoms with Crippen molar-refractivity contribution in [2.75, 3.05) is 20.8 Å². The Morgan fingerprint density at radius 3 is 2.75 bits per heavy atom. The fourth-order valence-corrected chi connectivity index (χ4v) is 2.71. The summed E-state index contributed by atoms with van der Waals surface area (Å²) in [6, 6.07) is 3.87. The van der Waals surface area contributed by atoms with E-state index in [-0.39, 0.29) is 6.61 Å². The number of ether oxygens (including phenoxy) is 1. The van der Waals surface area contributed by atoms with Gasteiger partial charge in [-0.3, -0.25) is 0 Å². The zero-order valence-corrected chi connectivity index (χ0v) is 11.9. The predicted octanol–water partition coefficient (Wildman–Crippen LogP) is 1.28. The highest BCUT2D eigenvalue weighted by atomic mass is 16.6. The average molecular weight is 279 g/mol. The van der Waals surface area contributed by atoms with Crippen molar-refractivity contribution in [3.63, 3.8) is 0 Å². The number of benzene rings is 1. The second-order valence-electron chi connectivity index (χ2n) is 4.89. The van der Waals surface area contributed by atoms with Crippen LogP contribution in [0.5, 0.6) is 5.75 Å². The highest BCUT2D eigenvalue weighted by molar-refractivity contribution is 6.02. The molecule has 1 aromatic carbocycles. The van der Waals surface area contributed by atoms with Gasteiger partial charge in [-0.25, -0.2) is 0 Å². The maximum Gasteiger partial charge on any atom is 0.122 e. The summed E-state index contributed by atoms with van der Waals surface area (Å²) >= 11 is 0. The Hall–Kier alpha value is -1.59. The van der Waals surface area contributed by atoms with Crippen LogP contribution in [-0.4, -0.2) is 42.9 Å². The number of aliphatic hydroxyl groups is 2. The highest BCUT2D eigenvalue weighted by Gasteiger charge is 2.23. The average Bonchev–Trinajstić information content (AvgIpc) is 2.48. The molecule has 1 atom stereocenters. The van der Waals surface area contributed by atoms with Gasteiger partial charge in [0.05, 0.1) is 25.5 Å². The van der Waals surface area contributed by atoms with Crippen LogP contribution in [0.25, 0.3) is 0 Å². The molecule has 0 bridgehead atoms. The first-order valence-electron chi connectivity index (χ1n) is 6.79. The fraction of sp³-hybridized carbons (Fsp3) is 0.533. The molecule has 0 aromatic heterocycles. The van der Waals surface area contributed by atoms with E-state index in [0.717, 1.165) is 47.4 Å². The molecule has 110 valence electrons. The summed E-state index contributed by atoms with van der Waals surface area (Å²) in [7, 11) is 3.16. The minimum atomic E-state index is -0.778. The molecule has 1 aliphatic rings. The topological polar surface area (TPSA) is 71.3 Å². The van der Waals surface area contributed by atoms with Gasteiger partial charge < -0.3 is 19.8 Å². The molecule has 2 N–H and O–H groups in total. The number of fused-ring (bicyclic) bond motifs is 1. The van der Waals surface area contributed by atoms with Gasteiger partial charge in [-0.05, 0) is 37.0 Å². The van der Waals surface area contributed by atoms with Crippen molar-refractivity contribution in [2.24, 2.45) is 5.16 Å². The second-order valence-corrected chi connectivity index (χ2v) is 4.89. The molecule has 0 fully saturated rings. The Bertz CT molecular complexity index is 499. The third-order valence-electron chi connectivity index (χ3n) is 3.61. The molecule has 0 aliphatic heterocycles. The van der Waals surface area contributed by atoms with E-state index in [4.69, 9.17) is 14.7 Å². The number of nitrogens with zero attached hydrogens (tertiary/aromatic N) is 1. The monoisotopic (exact) mass is 279 g/mol. The quantitative estimate of drug-likeness (QED) is 0.796. The Morgan fingerprint density at radius 1 is 1.30 bits per heavy atom.